The minimum atomic E-state index is 0.541. The maximum Gasteiger partial charge on any atom is 0.101 e. The van der Waals surface area contributed by atoms with Crippen LogP contribution in [0.5, 0.6) is 0 Å². The quantitative estimate of drug-likeness (QED) is 0.221. The zero-order valence-electron chi connectivity index (χ0n) is 23.4. The summed E-state index contributed by atoms with van der Waals surface area (Å²) in [7, 11) is 0. The molecule has 0 atom stereocenters. The highest BCUT2D eigenvalue weighted by molar-refractivity contribution is 6.17. The van der Waals surface area contributed by atoms with Gasteiger partial charge in [0.05, 0.1) is 45.0 Å². The van der Waals surface area contributed by atoms with E-state index in [1.165, 1.54) is 16.3 Å². The zero-order chi connectivity index (χ0) is 29.1. The van der Waals surface area contributed by atoms with Gasteiger partial charge in [0.1, 0.15) is 6.07 Å². The molecule has 200 valence electrons. The van der Waals surface area contributed by atoms with Crippen LogP contribution in [0.25, 0.3) is 66.1 Å². The second kappa shape index (κ2) is 9.48. The largest absolute Gasteiger partial charge is 0.309 e. The minimum absolute atomic E-state index is 0.541. The van der Waals surface area contributed by atoms with E-state index in [4.69, 9.17) is 0 Å². The van der Waals surface area contributed by atoms with Crippen LogP contribution < -0.4 is 0 Å². The van der Waals surface area contributed by atoms with Crippen LogP contribution in [-0.4, -0.2) is 9.13 Å². The summed E-state index contributed by atoms with van der Waals surface area (Å²) in [6.07, 6.45) is 0. The van der Waals surface area contributed by atoms with Crippen LogP contribution in [0.15, 0.2) is 127 Å². The topological polar surface area (TPSA) is 57.4 Å². The molecular formula is C39H24N4. The van der Waals surface area contributed by atoms with E-state index >= 15 is 0 Å². The van der Waals surface area contributed by atoms with Crippen molar-refractivity contribution in [3.05, 3.63) is 144 Å². The third-order valence-corrected chi connectivity index (χ3v) is 8.59. The van der Waals surface area contributed by atoms with E-state index in [9.17, 15) is 10.5 Å². The number of para-hydroxylation sites is 3. The van der Waals surface area contributed by atoms with Crippen LogP contribution >= 0.6 is 0 Å². The Morgan fingerprint density at radius 1 is 0.512 bits per heavy atom. The van der Waals surface area contributed by atoms with Gasteiger partial charge in [0, 0.05) is 27.2 Å². The molecule has 0 saturated heterocycles. The fourth-order valence-corrected chi connectivity index (χ4v) is 6.70. The molecular weight excluding hydrogens is 524 g/mol. The molecule has 0 amide bonds. The van der Waals surface area contributed by atoms with Crippen LogP contribution in [0.1, 0.15) is 16.7 Å². The van der Waals surface area contributed by atoms with Crippen molar-refractivity contribution in [1.82, 2.24) is 9.13 Å². The van der Waals surface area contributed by atoms with Gasteiger partial charge in [-0.05, 0) is 78.2 Å². The van der Waals surface area contributed by atoms with Crippen molar-refractivity contribution < 1.29 is 0 Å². The standard InChI is InChI=1S/C39H24N4/c1-25-27(23-40)18-19-28(24-41)39(25)43-35-16-8-6-13-32(35)38-30(14-9-17-37(38)43)26-20-21-36-33(22-26)31-12-5-7-15-34(31)42(36)29-10-3-2-4-11-29/h2-22H,1H3. The molecule has 0 aliphatic rings. The zero-order valence-corrected chi connectivity index (χ0v) is 23.4. The Morgan fingerprint density at radius 3 is 1.91 bits per heavy atom. The van der Waals surface area contributed by atoms with E-state index in [0.717, 1.165) is 55.4 Å². The summed E-state index contributed by atoms with van der Waals surface area (Å²) in [5.74, 6) is 0. The molecule has 6 aromatic carbocycles. The SMILES string of the molecule is Cc1c(C#N)ccc(C#N)c1-n1c2ccccc2c2c(-c3ccc4c(c3)c3ccccc3n4-c3ccccc3)cccc21. The van der Waals surface area contributed by atoms with Crippen LogP contribution in [0.4, 0.5) is 0 Å². The molecule has 0 unspecified atom stereocenters. The van der Waals surface area contributed by atoms with Crippen LogP contribution in [0.2, 0.25) is 0 Å². The van der Waals surface area contributed by atoms with Crippen molar-refractivity contribution >= 4 is 43.6 Å². The first-order valence-electron chi connectivity index (χ1n) is 14.2. The van der Waals surface area contributed by atoms with Gasteiger partial charge in [-0.25, -0.2) is 0 Å². The Labute approximate surface area is 248 Å². The fourth-order valence-electron chi connectivity index (χ4n) is 6.70. The van der Waals surface area contributed by atoms with Gasteiger partial charge in [-0.3, -0.25) is 0 Å². The van der Waals surface area contributed by atoms with Crippen LogP contribution in [-0.2, 0) is 0 Å². The third-order valence-electron chi connectivity index (χ3n) is 8.59. The fraction of sp³-hybridized carbons (Fsp3) is 0.0256. The summed E-state index contributed by atoms with van der Waals surface area (Å²) in [6.45, 7) is 1.93. The lowest BCUT2D eigenvalue weighted by Gasteiger charge is -2.14. The number of nitrogens with zero attached hydrogens (tertiary/aromatic N) is 4. The molecule has 0 radical (unpaired) electrons. The maximum absolute atomic E-state index is 10.1. The molecule has 0 aliphatic carbocycles. The molecule has 4 nitrogen and oxygen atoms in total. The number of hydrogen-bond acceptors (Lipinski definition) is 2. The monoisotopic (exact) mass is 548 g/mol. The van der Waals surface area contributed by atoms with Crippen molar-refractivity contribution in [3.63, 3.8) is 0 Å². The molecule has 0 N–H and O–H groups in total. The lowest BCUT2D eigenvalue weighted by atomic mass is 9.98. The van der Waals surface area contributed by atoms with Gasteiger partial charge in [-0.2, -0.15) is 10.5 Å². The molecule has 8 rings (SSSR count). The van der Waals surface area contributed by atoms with E-state index in [-0.39, 0.29) is 0 Å². The van der Waals surface area contributed by atoms with E-state index in [1.807, 2.05) is 19.1 Å². The molecule has 8 aromatic rings. The number of benzene rings is 6. The molecule has 2 heterocycles. The van der Waals surface area contributed by atoms with Crippen molar-refractivity contribution in [2.24, 2.45) is 0 Å². The molecule has 0 saturated carbocycles. The lowest BCUT2D eigenvalue weighted by molar-refractivity contribution is 1.13. The highest BCUT2D eigenvalue weighted by Gasteiger charge is 2.21. The summed E-state index contributed by atoms with van der Waals surface area (Å²) in [4.78, 5) is 0. The average molecular weight is 549 g/mol. The molecule has 0 spiro atoms. The summed E-state index contributed by atoms with van der Waals surface area (Å²) in [6, 6.07) is 48.7. The molecule has 0 aliphatic heterocycles. The Hall–Kier alpha value is -6.10. The first-order chi connectivity index (χ1) is 21.2. The third kappa shape index (κ3) is 3.54. The molecule has 0 fully saturated rings. The van der Waals surface area contributed by atoms with E-state index in [2.05, 4.69) is 124 Å². The minimum Gasteiger partial charge on any atom is -0.309 e. The number of aromatic nitrogens is 2. The molecule has 4 heteroatoms. The predicted octanol–water partition coefficient (Wildman–Crippen LogP) is 9.60. The van der Waals surface area contributed by atoms with Gasteiger partial charge >= 0.3 is 0 Å². The number of rotatable bonds is 3. The van der Waals surface area contributed by atoms with Crippen LogP contribution in [0.3, 0.4) is 0 Å². The second-order valence-electron chi connectivity index (χ2n) is 10.8. The van der Waals surface area contributed by atoms with E-state index < -0.39 is 0 Å². The summed E-state index contributed by atoms with van der Waals surface area (Å²) in [5, 5.41) is 24.5. The summed E-state index contributed by atoms with van der Waals surface area (Å²) >= 11 is 0. The van der Waals surface area contributed by atoms with E-state index in [1.54, 1.807) is 12.1 Å². The van der Waals surface area contributed by atoms with Gasteiger partial charge < -0.3 is 9.13 Å². The van der Waals surface area contributed by atoms with Gasteiger partial charge in [-0.1, -0.05) is 72.8 Å². The number of fused-ring (bicyclic) bond motifs is 6. The average Bonchev–Trinajstić information content (AvgIpc) is 3.57. The van der Waals surface area contributed by atoms with Gasteiger partial charge in [-0.15, -0.1) is 0 Å². The molecule has 2 aromatic heterocycles. The summed E-state index contributed by atoms with van der Waals surface area (Å²) in [5.41, 5.74) is 10.4. The molecule has 43 heavy (non-hydrogen) atoms. The van der Waals surface area contributed by atoms with E-state index in [0.29, 0.717) is 11.1 Å². The Bertz CT molecular complexity index is 2480. The second-order valence-corrected chi connectivity index (χ2v) is 10.8. The smallest absolute Gasteiger partial charge is 0.101 e. The van der Waals surface area contributed by atoms with Crippen molar-refractivity contribution in [2.75, 3.05) is 0 Å². The first kappa shape index (κ1) is 24.7. The Balaban J connectivity index is 1.45. The van der Waals surface area contributed by atoms with Crippen molar-refractivity contribution in [2.45, 2.75) is 6.92 Å². The lowest BCUT2D eigenvalue weighted by Crippen LogP contribution is -2.02. The Kier molecular flexibility index (Phi) is 5.44. The highest BCUT2D eigenvalue weighted by Crippen LogP contribution is 2.42. The first-order valence-corrected chi connectivity index (χ1v) is 14.2. The normalized spacial score (nSPS) is 11.3. The maximum atomic E-state index is 10.1. The number of nitriles is 2. The van der Waals surface area contributed by atoms with Gasteiger partial charge in [0.15, 0.2) is 0 Å². The highest BCUT2D eigenvalue weighted by atomic mass is 15.0. The Morgan fingerprint density at radius 2 is 1.14 bits per heavy atom. The molecule has 0 bridgehead atoms. The van der Waals surface area contributed by atoms with Crippen LogP contribution in [0, 0.1) is 29.6 Å². The predicted molar refractivity (Wildman–Crippen MR) is 175 cm³/mol. The number of hydrogen-bond donors (Lipinski definition) is 0. The van der Waals surface area contributed by atoms with Crippen molar-refractivity contribution in [3.8, 4) is 34.6 Å². The van der Waals surface area contributed by atoms with Gasteiger partial charge in [0.2, 0.25) is 0 Å². The van der Waals surface area contributed by atoms with Crippen molar-refractivity contribution in [1.29, 1.82) is 10.5 Å². The van der Waals surface area contributed by atoms with Gasteiger partial charge in [0.25, 0.3) is 0 Å². The summed E-state index contributed by atoms with van der Waals surface area (Å²) < 4.78 is 4.48.